The lowest BCUT2D eigenvalue weighted by Crippen LogP contribution is -2.30. The van der Waals surface area contributed by atoms with Crippen LogP contribution < -0.4 is 0 Å². The third-order valence-corrected chi connectivity index (χ3v) is 5.05. The maximum absolute atomic E-state index is 2.48. The molecule has 0 fully saturated rings. The Balaban J connectivity index is 4.61. The van der Waals surface area contributed by atoms with Crippen molar-refractivity contribution >= 4 is 0 Å². The molecule has 0 amide bonds. The standard InChI is InChI=1S/C17H36/c1-9-13(5)11-15(7)17(12(3)4)16(8)14(6)10-2/h12-17H,9-11H2,1-8H3. The highest BCUT2D eigenvalue weighted by atomic mass is 14.3. The van der Waals surface area contributed by atoms with E-state index in [4.69, 9.17) is 0 Å². The van der Waals surface area contributed by atoms with Gasteiger partial charge in [0, 0.05) is 0 Å². The Morgan fingerprint density at radius 2 is 1.24 bits per heavy atom. The normalized spacial score (nSPS) is 21.0. The summed E-state index contributed by atoms with van der Waals surface area (Å²) in [6.07, 6.45) is 4.05. The molecule has 5 unspecified atom stereocenters. The summed E-state index contributed by atoms with van der Waals surface area (Å²) < 4.78 is 0. The zero-order chi connectivity index (χ0) is 13.6. The lowest BCUT2D eigenvalue weighted by molar-refractivity contribution is 0.123. The maximum atomic E-state index is 2.48. The number of rotatable bonds is 8. The molecular formula is C17H36. The summed E-state index contributed by atoms with van der Waals surface area (Å²) in [5.74, 6) is 5.18. The van der Waals surface area contributed by atoms with Crippen LogP contribution in [0.5, 0.6) is 0 Å². The summed E-state index contributed by atoms with van der Waals surface area (Å²) in [5.41, 5.74) is 0. The zero-order valence-electron chi connectivity index (χ0n) is 13.6. The van der Waals surface area contributed by atoms with Crippen molar-refractivity contribution in [1.82, 2.24) is 0 Å². The topological polar surface area (TPSA) is 0 Å². The second kappa shape index (κ2) is 8.16. The molecule has 0 spiro atoms. The van der Waals surface area contributed by atoms with Crippen molar-refractivity contribution in [2.24, 2.45) is 35.5 Å². The number of hydrogen-bond acceptors (Lipinski definition) is 0. The van der Waals surface area contributed by atoms with Crippen LogP contribution in [0.4, 0.5) is 0 Å². The Hall–Kier alpha value is 0. The molecule has 0 N–H and O–H groups in total. The van der Waals surface area contributed by atoms with Gasteiger partial charge in [-0.25, -0.2) is 0 Å². The molecule has 0 aliphatic carbocycles. The SMILES string of the molecule is CCC(C)CC(C)C(C(C)C)C(C)C(C)CC. The summed E-state index contributed by atoms with van der Waals surface area (Å²) in [6, 6.07) is 0. The first-order chi connectivity index (χ1) is 7.84. The predicted octanol–water partition coefficient (Wildman–Crippen LogP) is 6.01. The molecule has 104 valence electrons. The molecule has 5 atom stereocenters. The molecule has 0 heteroatoms. The molecule has 0 heterocycles. The molecule has 0 bridgehead atoms. The second-order valence-electron chi connectivity index (χ2n) is 6.79. The highest BCUT2D eigenvalue weighted by Crippen LogP contribution is 2.37. The predicted molar refractivity (Wildman–Crippen MR) is 80.2 cm³/mol. The molecule has 0 saturated heterocycles. The lowest BCUT2D eigenvalue weighted by atomic mass is 9.69. The van der Waals surface area contributed by atoms with Crippen molar-refractivity contribution in [2.75, 3.05) is 0 Å². The minimum atomic E-state index is 0.818. The molecule has 0 nitrogen and oxygen atoms in total. The Morgan fingerprint density at radius 3 is 1.59 bits per heavy atom. The van der Waals surface area contributed by atoms with E-state index in [2.05, 4.69) is 55.4 Å². The van der Waals surface area contributed by atoms with E-state index in [1.165, 1.54) is 19.3 Å². The van der Waals surface area contributed by atoms with Crippen LogP contribution in [0.2, 0.25) is 0 Å². The second-order valence-corrected chi connectivity index (χ2v) is 6.79. The van der Waals surface area contributed by atoms with Gasteiger partial charge in [-0.1, -0.05) is 68.2 Å². The van der Waals surface area contributed by atoms with Crippen molar-refractivity contribution < 1.29 is 0 Å². The van der Waals surface area contributed by atoms with Gasteiger partial charge < -0.3 is 0 Å². The van der Waals surface area contributed by atoms with Crippen molar-refractivity contribution in [3.63, 3.8) is 0 Å². The molecule has 0 aromatic rings. The Kier molecular flexibility index (Phi) is 8.16. The monoisotopic (exact) mass is 240 g/mol. The molecule has 0 aliphatic heterocycles. The molecule has 0 aromatic carbocycles. The van der Waals surface area contributed by atoms with Gasteiger partial charge in [0.25, 0.3) is 0 Å². The average Bonchev–Trinajstić information content (AvgIpc) is 2.27. The van der Waals surface area contributed by atoms with Gasteiger partial charge in [-0.05, 0) is 41.9 Å². The minimum Gasteiger partial charge on any atom is -0.0651 e. The van der Waals surface area contributed by atoms with E-state index >= 15 is 0 Å². The molecule has 17 heavy (non-hydrogen) atoms. The Labute approximate surface area is 111 Å². The fourth-order valence-electron chi connectivity index (χ4n) is 3.49. The summed E-state index contributed by atoms with van der Waals surface area (Å²) in [7, 11) is 0. The van der Waals surface area contributed by atoms with Crippen LogP contribution in [0.3, 0.4) is 0 Å². The highest BCUT2D eigenvalue weighted by molar-refractivity contribution is 4.78. The largest absolute Gasteiger partial charge is 0.0651 e. The van der Waals surface area contributed by atoms with Crippen molar-refractivity contribution in [1.29, 1.82) is 0 Å². The summed E-state index contributed by atoms with van der Waals surface area (Å²) in [6.45, 7) is 19.3. The smallest absolute Gasteiger partial charge is 0.0337 e. The van der Waals surface area contributed by atoms with E-state index in [9.17, 15) is 0 Å². The summed E-state index contributed by atoms with van der Waals surface area (Å²) in [5, 5.41) is 0. The molecule has 0 rings (SSSR count). The van der Waals surface area contributed by atoms with Crippen molar-refractivity contribution in [3.05, 3.63) is 0 Å². The van der Waals surface area contributed by atoms with Crippen LogP contribution in [0.25, 0.3) is 0 Å². The van der Waals surface area contributed by atoms with E-state index in [1.54, 1.807) is 0 Å². The van der Waals surface area contributed by atoms with Crippen LogP contribution in [0, 0.1) is 35.5 Å². The van der Waals surface area contributed by atoms with Crippen molar-refractivity contribution in [3.8, 4) is 0 Å². The quantitative estimate of drug-likeness (QED) is 0.487. The molecule has 0 aliphatic rings. The van der Waals surface area contributed by atoms with Gasteiger partial charge >= 0.3 is 0 Å². The van der Waals surface area contributed by atoms with Crippen LogP contribution in [-0.4, -0.2) is 0 Å². The third kappa shape index (κ3) is 5.44. The third-order valence-electron chi connectivity index (χ3n) is 5.05. The summed E-state index contributed by atoms with van der Waals surface area (Å²) in [4.78, 5) is 0. The zero-order valence-corrected chi connectivity index (χ0v) is 13.6. The molecule has 0 radical (unpaired) electrons. The molecule has 0 saturated carbocycles. The van der Waals surface area contributed by atoms with E-state index in [-0.39, 0.29) is 0 Å². The number of hydrogen-bond donors (Lipinski definition) is 0. The van der Waals surface area contributed by atoms with Gasteiger partial charge in [0.2, 0.25) is 0 Å². The average molecular weight is 240 g/mol. The van der Waals surface area contributed by atoms with Gasteiger partial charge in [0.05, 0.1) is 0 Å². The summed E-state index contributed by atoms with van der Waals surface area (Å²) >= 11 is 0. The van der Waals surface area contributed by atoms with Crippen molar-refractivity contribution in [2.45, 2.75) is 74.7 Å². The van der Waals surface area contributed by atoms with E-state index in [0.717, 1.165) is 35.5 Å². The Bertz CT molecular complexity index is 182. The fourth-order valence-corrected chi connectivity index (χ4v) is 3.49. The maximum Gasteiger partial charge on any atom is -0.0337 e. The van der Waals surface area contributed by atoms with Gasteiger partial charge in [-0.2, -0.15) is 0 Å². The van der Waals surface area contributed by atoms with E-state index < -0.39 is 0 Å². The van der Waals surface area contributed by atoms with Crippen LogP contribution in [0.1, 0.15) is 74.7 Å². The minimum absolute atomic E-state index is 0.818. The van der Waals surface area contributed by atoms with E-state index in [1.807, 2.05) is 0 Å². The highest BCUT2D eigenvalue weighted by Gasteiger charge is 2.29. The van der Waals surface area contributed by atoms with Gasteiger partial charge in [0.15, 0.2) is 0 Å². The first-order valence-electron chi connectivity index (χ1n) is 7.84. The first-order valence-corrected chi connectivity index (χ1v) is 7.84. The van der Waals surface area contributed by atoms with Gasteiger partial charge in [-0.3, -0.25) is 0 Å². The lowest BCUT2D eigenvalue weighted by Gasteiger charge is -2.37. The molecular weight excluding hydrogens is 204 g/mol. The fraction of sp³-hybridized carbons (Fsp3) is 1.00. The van der Waals surface area contributed by atoms with Gasteiger partial charge in [-0.15, -0.1) is 0 Å². The van der Waals surface area contributed by atoms with Gasteiger partial charge in [0.1, 0.15) is 0 Å². The molecule has 0 aromatic heterocycles. The first kappa shape index (κ1) is 17.0. The van der Waals surface area contributed by atoms with Crippen LogP contribution >= 0.6 is 0 Å². The van der Waals surface area contributed by atoms with Crippen LogP contribution in [-0.2, 0) is 0 Å². The Morgan fingerprint density at radius 1 is 0.706 bits per heavy atom. The van der Waals surface area contributed by atoms with E-state index in [0.29, 0.717) is 0 Å². The van der Waals surface area contributed by atoms with Crippen LogP contribution in [0.15, 0.2) is 0 Å².